The Bertz CT molecular complexity index is 474. The number of rotatable bonds is 2. The zero-order valence-corrected chi connectivity index (χ0v) is 11.8. The Morgan fingerprint density at radius 3 is 2.44 bits per heavy atom. The summed E-state index contributed by atoms with van der Waals surface area (Å²) in [6.45, 7) is 4.96. The summed E-state index contributed by atoms with van der Waals surface area (Å²) in [6.07, 6.45) is 0. The lowest BCUT2D eigenvalue weighted by atomic mass is 10.1. The van der Waals surface area contributed by atoms with E-state index >= 15 is 0 Å². The monoisotopic (exact) mass is 283 g/mol. The fourth-order valence-corrected chi connectivity index (χ4v) is 2.53. The molecule has 0 bridgehead atoms. The molecule has 1 fully saturated rings. The van der Waals surface area contributed by atoms with Gasteiger partial charge in [0.2, 0.25) is 0 Å². The van der Waals surface area contributed by atoms with Gasteiger partial charge in [0.15, 0.2) is 0 Å². The van der Waals surface area contributed by atoms with Crippen LogP contribution in [0.1, 0.15) is 11.1 Å². The van der Waals surface area contributed by atoms with Crippen molar-refractivity contribution < 1.29 is 0 Å². The van der Waals surface area contributed by atoms with Crippen molar-refractivity contribution in [1.82, 2.24) is 9.80 Å². The van der Waals surface area contributed by atoms with E-state index in [1.54, 1.807) is 12.1 Å². The second kappa shape index (κ2) is 5.90. The average molecular weight is 284 g/mol. The smallest absolute Gasteiger partial charge is 0.101 e. The first-order valence-corrected chi connectivity index (χ1v) is 6.64. The highest BCUT2D eigenvalue weighted by Gasteiger charge is 2.16. The van der Waals surface area contributed by atoms with E-state index in [0.29, 0.717) is 15.6 Å². The van der Waals surface area contributed by atoms with Crippen LogP contribution in [0.4, 0.5) is 0 Å². The van der Waals surface area contributed by atoms with Crippen molar-refractivity contribution in [3.63, 3.8) is 0 Å². The van der Waals surface area contributed by atoms with Crippen LogP contribution < -0.4 is 0 Å². The van der Waals surface area contributed by atoms with Crippen molar-refractivity contribution in [1.29, 1.82) is 5.26 Å². The van der Waals surface area contributed by atoms with E-state index in [0.717, 1.165) is 38.3 Å². The Hall–Kier alpha value is -0.790. The maximum atomic E-state index is 8.98. The van der Waals surface area contributed by atoms with Gasteiger partial charge >= 0.3 is 0 Å². The third-order valence-electron chi connectivity index (χ3n) is 3.25. The molecule has 0 saturated carbocycles. The predicted molar refractivity (Wildman–Crippen MR) is 74.0 cm³/mol. The van der Waals surface area contributed by atoms with E-state index in [9.17, 15) is 0 Å². The molecule has 0 aliphatic carbocycles. The molecule has 0 N–H and O–H groups in total. The molecule has 0 unspecified atom stereocenters. The molecule has 1 heterocycles. The van der Waals surface area contributed by atoms with Gasteiger partial charge in [0, 0.05) is 37.7 Å². The molecular weight excluding hydrogens is 269 g/mol. The summed E-state index contributed by atoms with van der Waals surface area (Å²) in [4.78, 5) is 4.65. The second-order valence-corrected chi connectivity index (χ2v) is 5.43. The molecule has 0 radical (unpaired) electrons. The number of piperazine rings is 1. The van der Waals surface area contributed by atoms with Crippen LogP contribution in [0.3, 0.4) is 0 Å². The van der Waals surface area contributed by atoms with Crippen LogP contribution in [0, 0.1) is 11.3 Å². The van der Waals surface area contributed by atoms with E-state index in [-0.39, 0.29) is 0 Å². The minimum Gasteiger partial charge on any atom is -0.304 e. The Balaban J connectivity index is 2.12. The minimum absolute atomic E-state index is 0.421. The second-order valence-electron chi connectivity index (χ2n) is 4.61. The van der Waals surface area contributed by atoms with Gasteiger partial charge in [-0.3, -0.25) is 4.90 Å². The first-order chi connectivity index (χ1) is 8.60. The third kappa shape index (κ3) is 3.15. The topological polar surface area (TPSA) is 30.3 Å². The first kappa shape index (κ1) is 13.6. The van der Waals surface area contributed by atoms with Crippen LogP contribution in [0.2, 0.25) is 10.0 Å². The number of nitrogens with zero attached hydrogens (tertiary/aromatic N) is 3. The fourth-order valence-electron chi connectivity index (χ4n) is 2.05. The number of hydrogen-bond acceptors (Lipinski definition) is 3. The summed E-state index contributed by atoms with van der Waals surface area (Å²) in [5, 5.41) is 10.0. The highest BCUT2D eigenvalue weighted by atomic mass is 35.5. The standard InChI is InChI=1S/C13H15Cl2N3/c1-17-2-4-18(5-3-17)9-11-6-10(8-16)12(14)7-13(11)15/h6-7H,2-5,9H2,1H3. The van der Waals surface area contributed by atoms with Gasteiger partial charge in [-0.25, -0.2) is 0 Å². The van der Waals surface area contributed by atoms with Crippen molar-refractivity contribution >= 4 is 23.2 Å². The molecule has 18 heavy (non-hydrogen) atoms. The summed E-state index contributed by atoms with van der Waals surface area (Å²) in [7, 11) is 2.13. The molecule has 3 nitrogen and oxygen atoms in total. The molecule has 96 valence electrons. The zero-order chi connectivity index (χ0) is 13.1. The van der Waals surface area contributed by atoms with Crippen molar-refractivity contribution in [3.05, 3.63) is 33.3 Å². The lowest BCUT2D eigenvalue weighted by molar-refractivity contribution is 0.148. The number of benzene rings is 1. The predicted octanol–water partition coefficient (Wildman–Crippen LogP) is 2.61. The Morgan fingerprint density at radius 2 is 1.83 bits per heavy atom. The molecule has 1 aliphatic rings. The molecule has 1 aromatic carbocycles. The molecule has 1 aromatic rings. The molecule has 0 amide bonds. The largest absolute Gasteiger partial charge is 0.304 e. The van der Waals surface area contributed by atoms with Crippen molar-refractivity contribution in [3.8, 4) is 6.07 Å². The Kier molecular flexibility index (Phi) is 4.47. The van der Waals surface area contributed by atoms with Crippen LogP contribution in [0.25, 0.3) is 0 Å². The van der Waals surface area contributed by atoms with E-state index < -0.39 is 0 Å². The summed E-state index contributed by atoms with van der Waals surface area (Å²) in [5.74, 6) is 0. The van der Waals surface area contributed by atoms with Crippen molar-refractivity contribution in [2.24, 2.45) is 0 Å². The molecular formula is C13H15Cl2N3. The third-order valence-corrected chi connectivity index (χ3v) is 3.91. The van der Waals surface area contributed by atoms with Crippen LogP contribution in [-0.2, 0) is 6.54 Å². The van der Waals surface area contributed by atoms with Crippen LogP contribution >= 0.6 is 23.2 Å². The van der Waals surface area contributed by atoms with E-state index in [2.05, 4.69) is 22.9 Å². The number of hydrogen-bond donors (Lipinski definition) is 0. The summed E-state index contributed by atoms with van der Waals surface area (Å²) in [6, 6.07) is 5.54. The average Bonchev–Trinajstić information content (AvgIpc) is 2.35. The molecule has 0 atom stereocenters. The first-order valence-electron chi connectivity index (χ1n) is 5.89. The summed E-state index contributed by atoms with van der Waals surface area (Å²) in [5.41, 5.74) is 1.47. The van der Waals surface area contributed by atoms with E-state index in [1.807, 2.05) is 0 Å². The molecule has 0 aromatic heterocycles. The van der Waals surface area contributed by atoms with Gasteiger partial charge in [-0.1, -0.05) is 23.2 Å². The van der Waals surface area contributed by atoms with Gasteiger partial charge in [0.05, 0.1) is 10.6 Å². The lowest BCUT2D eigenvalue weighted by Crippen LogP contribution is -2.43. The molecule has 2 rings (SSSR count). The minimum atomic E-state index is 0.421. The SMILES string of the molecule is CN1CCN(Cc2cc(C#N)c(Cl)cc2Cl)CC1. The van der Waals surface area contributed by atoms with Gasteiger partial charge in [0.25, 0.3) is 0 Å². The van der Waals surface area contributed by atoms with E-state index in [4.69, 9.17) is 28.5 Å². The summed E-state index contributed by atoms with van der Waals surface area (Å²) >= 11 is 12.1. The van der Waals surface area contributed by atoms with Gasteiger partial charge in [0.1, 0.15) is 6.07 Å². The van der Waals surface area contributed by atoms with Crippen molar-refractivity contribution in [2.75, 3.05) is 33.2 Å². The lowest BCUT2D eigenvalue weighted by Gasteiger charge is -2.32. The highest BCUT2D eigenvalue weighted by molar-refractivity contribution is 6.35. The molecule has 5 heteroatoms. The van der Waals surface area contributed by atoms with Crippen LogP contribution in [0.5, 0.6) is 0 Å². The van der Waals surface area contributed by atoms with Crippen molar-refractivity contribution in [2.45, 2.75) is 6.54 Å². The van der Waals surface area contributed by atoms with Gasteiger partial charge in [-0.15, -0.1) is 0 Å². The Labute approximate surface area is 117 Å². The fraction of sp³-hybridized carbons (Fsp3) is 0.462. The van der Waals surface area contributed by atoms with Crippen LogP contribution in [0.15, 0.2) is 12.1 Å². The Morgan fingerprint density at radius 1 is 1.17 bits per heavy atom. The van der Waals surface area contributed by atoms with E-state index in [1.165, 1.54) is 0 Å². The normalized spacial score (nSPS) is 17.7. The quantitative estimate of drug-likeness (QED) is 0.836. The maximum Gasteiger partial charge on any atom is 0.101 e. The molecule has 0 spiro atoms. The zero-order valence-electron chi connectivity index (χ0n) is 10.3. The number of likely N-dealkylation sites (N-methyl/N-ethyl adjacent to an activating group) is 1. The molecule has 1 saturated heterocycles. The highest BCUT2D eigenvalue weighted by Crippen LogP contribution is 2.26. The summed E-state index contributed by atoms with van der Waals surface area (Å²) < 4.78 is 0. The maximum absolute atomic E-state index is 8.98. The number of halogens is 2. The van der Waals surface area contributed by atoms with Gasteiger partial charge in [-0.05, 0) is 24.7 Å². The van der Waals surface area contributed by atoms with Crippen LogP contribution in [-0.4, -0.2) is 43.0 Å². The number of nitriles is 1. The molecule has 1 aliphatic heterocycles. The van der Waals surface area contributed by atoms with Gasteiger partial charge in [-0.2, -0.15) is 5.26 Å². The van der Waals surface area contributed by atoms with Gasteiger partial charge < -0.3 is 4.90 Å².